The number of hydrogen-bond acceptors (Lipinski definition) is 5. The van der Waals surface area contributed by atoms with E-state index in [2.05, 4.69) is 15.2 Å². The highest BCUT2D eigenvalue weighted by Crippen LogP contribution is 2.17. The fourth-order valence-corrected chi connectivity index (χ4v) is 3.36. The minimum atomic E-state index is -0.175. The van der Waals surface area contributed by atoms with Crippen molar-refractivity contribution in [3.63, 3.8) is 0 Å². The van der Waals surface area contributed by atoms with Gasteiger partial charge in [0, 0.05) is 45.3 Å². The second-order valence-corrected chi connectivity index (χ2v) is 6.84. The van der Waals surface area contributed by atoms with Crippen LogP contribution in [0, 0.1) is 0 Å². The van der Waals surface area contributed by atoms with Crippen LogP contribution >= 0.6 is 0 Å². The number of piperazine rings is 1. The average molecular weight is 396 g/mol. The summed E-state index contributed by atoms with van der Waals surface area (Å²) in [7, 11) is 0. The summed E-state index contributed by atoms with van der Waals surface area (Å²) in [6.07, 6.45) is 2.83. The lowest BCUT2D eigenvalue weighted by molar-refractivity contribution is -0.131. The van der Waals surface area contributed by atoms with E-state index in [9.17, 15) is 9.59 Å². The molecule has 2 heterocycles. The third-order valence-corrected chi connectivity index (χ3v) is 4.89. The molecule has 0 unspecified atom stereocenters. The number of carbonyl (C=O) groups is 2. The van der Waals surface area contributed by atoms with E-state index in [-0.39, 0.29) is 11.8 Å². The monoisotopic (exact) mass is 396 g/mol. The maximum atomic E-state index is 12.5. The SMILES string of the molecule is CCOc1ccccc1C(=O)NCCCC(=O)N1CCN(c2ccccn2)CC1. The first-order valence-electron chi connectivity index (χ1n) is 10.1. The van der Waals surface area contributed by atoms with Crippen molar-refractivity contribution in [1.82, 2.24) is 15.2 Å². The zero-order valence-electron chi connectivity index (χ0n) is 16.8. The van der Waals surface area contributed by atoms with Gasteiger partial charge in [0.05, 0.1) is 12.2 Å². The summed E-state index contributed by atoms with van der Waals surface area (Å²) in [4.78, 5) is 33.3. The third-order valence-electron chi connectivity index (χ3n) is 4.89. The Balaban J connectivity index is 1.38. The summed E-state index contributed by atoms with van der Waals surface area (Å²) >= 11 is 0. The van der Waals surface area contributed by atoms with E-state index in [1.54, 1.807) is 18.3 Å². The van der Waals surface area contributed by atoms with Crippen LogP contribution in [0.15, 0.2) is 48.7 Å². The molecule has 0 atom stereocenters. The second-order valence-electron chi connectivity index (χ2n) is 6.84. The Hall–Kier alpha value is -3.09. The largest absolute Gasteiger partial charge is 0.493 e. The number of nitrogens with zero attached hydrogens (tertiary/aromatic N) is 3. The molecule has 0 bridgehead atoms. The van der Waals surface area contributed by atoms with Crippen molar-refractivity contribution in [1.29, 1.82) is 0 Å². The van der Waals surface area contributed by atoms with Gasteiger partial charge in [-0.1, -0.05) is 18.2 Å². The lowest BCUT2D eigenvalue weighted by Gasteiger charge is -2.35. The first kappa shape index (κ1) is 20.6. The number of nitrogens with one attached hydrogen (secondary N) is 1. The molecular weight excluding hydrogens is 368 g/mol. The molecule has 1 aliphatic rings. The molecule has 0 saturated carbocycles. The minimum absolute atomic E-state index is 0.134. The fraction of sp³-hybridized carbons (Fsp3) is 0.409. The smallest absolute Gasteiger partial charge is 0.255 e. The van der Waals surface area contributed by atoms with Gasteiger partial charge in [-0.2, -0.15) is 0 Å². The Bertz CT molecular complexity index is 805. The molecule has 2 aromatic rings. The molecule has 0 spiro atoms. The summed E-state index contributed by atoms with van der Waals surface area (Å²) in [6, 6.07) is 13.0. The quantitative estimate of drug-likeness (QED) is 0.694. The number of anilines is 1. The molecule has 7 nitrogen and oxygen atoms in total. The molecule has 1 saturated heterocycles. The van der Waals surface area contributed by atoms with Gasteiger partial charge in [0.25, 0.3) is 5.91 Å². The minimum Gasteiger partial charge on any atom is -0.493 e. The average Bonchev–Trinajstić information content (AvgIpc) is 2.78. The van der Waals surface area contributed by atoms with Gasteiger partial charge in [-0.3, -0.25) is 9.59 Å². The standard InChI is InChI=1S/C22H28N4O3/c1-2-29-19-9-4-3-8-18(19)22(28)24-13-7-11-21(27)26-16-14-25(15-17-26)20-10-5-6-12-23-20/h3-6,8-10,12H,2,7,11,13-17H2,1H3,(H,24,28). The van der Waals surface area contributed by atoms with Gasteiger partial charge in [0.1, 0.15) is 11.6 Å². The number of amides is 2. The van der Waals surface area contributed by atoms with Gasteiger partial charge in [0.2, 0.25) is 5.91 Å². The Morgan fingerprint density at radius 1 is 1.07 bits per heavy atom. The number of ether oxygens (including phenoxy) is 1. The van der Waals surface area contributed by atoms with Gasteiger partial charge >= 0.3 is 0 Å². The Morgan fingerprint density at radius 2 is 1.83 bits per heavy atom. The maximum Gasteiger partial charge on any atom is 0.255 e. The highest BCUT2D eigenvalue weighted by Gasteiger charge is 2.21. The number of para-hydroxylation sites is 1. The molecule has 154 valence electrons. The van der Waals surface area contributed by atoms with E-state index in [0.29, 0.717) is 50.4 Å². The number of benzene rings is 1. The highest BCUT2D eigenvalue weighted by atomic mass is 16.5. The van der Waals surface area contributed by atoms with E-state index >= 15 is 0 Å². The number of aromatic nitrogens is 1. The normalized spacial score (nSPS) is 13.8. The number of rotatable bonds is 8. The molecule has 1 fully saturated rings. The number of hydrogen-bond donors (Lipinski definition) is 1. The molecule has 29 heavy (non-hydrogen) atoms. The molecule has 1 aromatic heterocycles. The van der Waals surface area contributed by atoms with Gasteiger partial charge < -0.3 is 19.9 Å². The van der Waals surface area contributed by atoms with Crippen molar-refractivity contribution in [2.24, 2.45) is 0 Å². The molecule has 0 radical (unpaired) electrons. The second kappa shape index (κ2) is 10.5. The Kier molecular flexibility index (Phi) is 7.44. The first-order valence-corrected chi connectivity index (χ1v) is 10.1. The van der Waals surface area contributed by atoms with E-state index in [0.717, 1.165) is 18.9 Å². The van der Waals surface area contributed by atoms with Crippen LogP contribution in [0.1, 0.15) is 30.1 Å². The van der Waals surface area contributed by atoms with Crippen molar-refractivity contribution in [2.45, 2.75) is 19.8 Å². The number of pyridine rings is 1. The summed E-state index contributed by atoms with van der Waals surface area (Å²) in [5.41, 5.74) is 0.520. The molecule has 2 amide bonds. The van der Waals surface area contributed by atoms with Crippen LogP contribution in [-0.2, 0) is 4.79 Å². The van der Waals surface area contributed by atoms with Crippen LogP contribution in [0.4, 0.5) is 5.82 Å². The predicted octanol–water partition coefficient (Wildman–Crippen LogP) is 2.34. The van der Waals surface area contributed by atoms with E-state index < -0.39 is 0 Å². The lowest BCUT2D eigenvalue weighted by Crippen LogP contribution is -2.49. The first-order chi connectivity index (χ1) is 14.2. The van der Waals surface area contributed by atoms with Crippen molar-refractivity contribution in [3.05, 3.63) is 54.2 Å². The molecule has 7 heteroatoms. The van der Waals surface area contributed by atoms with Crippen LogP contribution in [0.5, 0.6) is 5.75 Å². The zero-order chi connectivity index (χ0) is 20.5. The van der Waals surface area contributed by atoms with Crippen LogP contribution in [0.3, 0.4) is 0 Å². The summed E-state index contributed by atoms with van der Waals surface area (Å²) < 4.78 is 5.49. The van der Waals surface area contributed by atoms with Crippen LogP contribution in [-0.4, -0.2) is 61.0 Å². The number of carbonyl (C=O) groups excluding carboxylic acids is 2. The topological polar surface area (TPSA) is 74.8 Å². The summed E-state index contributed by atoms with van der Waals surface area (Å²) in [6.45, 7) is 5.82. The Labute approximate surface area is 171 Å². The van der Waals surface area contributed by atoms with E-state index in [1.165, 1.54) is 0 Å². The summed E-state index contributed by atoms with van der Waals surface area (Å²) in [5, 5.41) is 2.88. The fourth-order valence-electron chi connectivity index (χ4n) is 3.36. The lowest BCUT2D eigenvalue weighted by atomic mass is 10.2. The van der Waals surface area contributed by atoms with Crippen LogP contribution in [0.25, 0.3) is 0 Å². The molecule has 0 aliphatic carbocycles. The molecule has 1 N–H and O–H groups in total. The molecular formula is C22H28N4O3. The maximum absolute atomic E-state index is 12.5. The van der Waals surface area contributed by atoms with Crippen molar-refractivity contribution < 1.29 is 14.3 Å². The third kappa shape index (κ3) is 5.70. The van der Waals surface area contributed by atoms with Crippen LogP contribution < -0.4 is 15.0 Å². The summed E-state index contributed by atoms with van der Waals surface area (Å²) in [5.74, 6) is 1.49. The Morgan fingerprint density at radius 3 is 2.55 bits per heavy atom. The van der Waals surface area contributed by atoms with Gasteiger partial charge in [-0.25, -0.2) is 4.98 Å². The van der Waals surface area contributed by atoms with Gasteiger partial charge in [-0.15, -0.1) is 0 Å². The molecule has 1 aromatic carbocycles. The zero-order valence-corrected chi connectivity index (χ0v) is 16.8. The van der Waals surface area contributed by atoms with Gasteiger partial charge in [0.15, 0.2) is 0 Å². The van der Waals surface area contributed by atoms with Crippen molar-refractivity contribution >= 4 is 17.6 Å². The van der Waals surface area contributed by atoms with Gasteiger partial charge in [-0.05, 0) is 37.6 Å². The van der Waals surface area contributed by atoms with Crippen molar-refractivity contribution in [2.75, 3.05) is 44.2 Å². The molecule has 3 rings (SSSR count). The van der Waals surface area contributed by atoms with E-state index in [4.69, 9.17) is 4.74 Å². The molecule has 1 aliphatic heterocycles. The van der Waals surface area contributed by atoms with Crippen molar-refractivity contribution in [3.8, 4) is 5.75 Å². The van der Waals surface area contributed by atoms with Crippen LogP contribution in [0.2, 0.25) is 0 Å². The predicted molar refractivity (Wildman–Crippen MR) is 112 cm³/mol. The highest BCUT2D eigenvalue weighted by molar-refractivity contribution is 5.96. The van der Waals surface area contributed by atoms with E-state index in [1.807, 2.05) is 42.2 Å².